The Hall–Kier alpha value is -2.64. The van der Waals surface area contributed by atoms with Crippen LogP contribution in [0, 0.1) is 12.8 Å². The molecule has 1 unspecified atom stereocenters. The van der Waals surface area contributed by atoms with Crippen molar-refractivity contribution >= 4 is 37.5 Å². The predicted octanol–water partition coefficient (Wildman–Crippen LogP) is 5.86. The molecule has 3 rings (SSSR count). The Morgan fingerprint density at radius 1 is 0.970 bits per heavy atom. The second-order valence-corrected chi connectivity index (χ2v) is 11.2. The van der Waals surface area contributed by atoms with Crippen molar-refractivity contribution in [2.45, 2.75) is 38.1 Å². The van der Waals surface area contributed by atoms with Gasteiger partial charge in [0, 0.05) is 4.47 Å². The highest BCUT2D eigenvalue weighted by molar-refractivity contribution is 9.10. The van der Waals surface area contributed by atoms with E-state index >= 15 is 0 Å². The van der Waals surface area contributed by atoms with E-state index in [1.165, 1.54) is 0 Å². The molecule has 1 N–H and O–H groups in total. The third-order valence-corrected chi connectivity index (χ3v) is 7.52. The van der Waals surface area contributed by atoms with E-state index in [4.69, 9.17) is 0 Å². The lowest BCUT2D eigenvalue weighted by Gasteiger charge is -2.27. The average molecular weight is 530 g/mol. The molecule has 0 bridgehead atoms. The van der Waals surface area contributed by atoms with Crippen LogP contribution in [-0.4, -0.2) is 20.9 Å². The third-order valence-electron chi connectivity index (χ3n) is 5.24. The summed E-state index contributed by atoms with van der Waals surface area (Å²) in [5.74, 6) is -0.00635. The monoisotopic (exact) mass is 528 g/mol. The van der Waals surface area contributed by atoms with Gasteiger partial charge in [-0.1, -0.05) is 83.9 Å². The smallest absolute Gasteiger partial charge is 0.264 e. The van der Waals surface area contributed by atoms with Crippen LogP contribution in [0.25, 0.3) is 0 Å². The van der Waals surface area contributed by atoms with E-state index in [2.05, 4.69) is 35.1 Å². The van der Waals surface area contributed by atoms with Crippen LogP contribution in [0.3, 0.4) is 0 Å². The van der Waals surface area contributed by atoms with Gasteiger partial charge >= 0.3 is 0 Å². The minimum Gasteiger partial charge on any atom is -0.348 e. The fraction of sp³-hybridized carbons (Fsp3) is 0.269. The minimum atomic E-state index is -3.95. The van der Waals surface area contributed by atoms with Crippen LogP contribution in [0.15, 0.2) is 88.2 Å². The highest BCUT2D eigenvalue weighted by Gasteiger charge is 2.28. The summed E-state index contributed by atoms with van der Waals surface area (Å²) in [6.07, 6.45) is 0.747. The molecule has 1 amide bonds. The minimum absolute atomic E-state index is 0.141. The Bertz CT molecular complexity index is 1180. The Morgan fingerprint density at radius 3 is 2.24 bits per heavy atom. The number of hydrogen-bond donors (Lipinski definition) is 1. The molecule has 33 heavy (non-hydrogen) atoms. The molecule has 0 saturated heterocycles. The van der Waals surface area contributed by atoms with Crippen LogP contribution in [0.4, 0.5) is 5.69 Å². The van der Waals surface area contributed by atoms with Crippen molar-refractivity contribution in [1.82, 2.24) is 5.32 Å². The van der Waals surface area contributed by atoms with E-state index in [0.717, 1.165) is 26.3 Å². The lowest BCUT2D eigenvalue weighted by molar-refractivity contribution is -0.120. The largest absolute Gasteiger partial charge is 0.348 e. The number of aryl methyl sites for hydroxylation is 1. The number of benzene rings is 3. The molecular formula is C26H29BrN2O3S. The van der Waals surface area contributed by atoms with Crippen LogP contribution in [0.5, 0.6) is 0 Å². The summed E-state index contributed by atoms with van der Waals surface area (Å²) in [6, 6.07) is 23.1. The zero-order valence-corrected chi connectivity index (χ0v) is 21.4. The van der Waals surface area contributed by atoms with Crippen molar-refractivity contribution in [2.75, 3.05) is 10.8 Å². The highest BCUT2D eigenvalue weighted by atomic mass is 79.9. The lowest BCUT2D eigenvalue weighted by atomic mass is 9.97. The number of nitrogens with zero attached hydrogens (tertiary/aromatic N) is 1. The molecule has 0 aliphatic heterocycles. The van der Waals surface area contributed by atoms with Crippen molar-refractivity contribution in [3.05, 3.63) is 94.5 Å². The van der Waals surface area contributed by atoms with Gasteiger partial charge in [-0.3, -0.25) is 9.10 Å². The number of carbonyl (C=O) groups excluding carboxylic acids is 1. The van der Waals surface area contributed by atoms with Gasteiger partial charge in [-0.15, -0.1) is 0 Å². The number of halogens is 1. The molecule has 3 aromatic carbocycles. The lowest BCUT2D eigenvalue weighted by Crippen LogP contribution is -2.42. The SMILES string of the molecule is Cc1ccc(S(=O)(=O)N(CC(=O)NC(CC(C)C)c2ccccc2)c2cccc(Br)c2)cc1. The average Bonchev–Trinajstić information content (AvgIpc) is 2.77. The summed E-state index contributed by atoms with van der Waals surface area (Å²) in [5, 5.41) is 3.06. The predicted molar refractivity (Wildman–Crippen MR) is 137 cm³/mol. The summed E-state index contributed by atoms with van der Waals surface area (Å²) in [5.41, 5.74) is 2.37. The highest BCUT2D eigenvalue weighted by Crippen LogP contribution is 2.27. The summed E-state index contributed by atoms with van der Waals surface area (Å²) < 4.78 is 29.0. The van der Waals surface area contributed by atoms with Gasteiger partial charge in [0.2, 0.25) is 5.91 Å². The molecule has 0 saturated carbocycles. The Kier molecular flexibility index (Phi) is 8.32. The van der Waals surface area contributed by atoms with E-state index in [1.807, 2.05) is 43.3 Å². The zero-order valence-electron chi connectivity index (χ0n) is 19.0. The molecular weight excluding hydrogens is 500 g/mol. The molecule has 0 aromatic heterocycles. The van der Waals surface area contributed by atoms with E-state index in [-0.39, 0.29) is 23.4 Å². The van der Waals surface area contributed by atoms with Crippen molar-refractivity contribution in [1.29, 1.82) is 0 Å². The topological polar surface area (TPSA) is 66.5 Å². The molecule has 1 atom stereocenters. The number of nitrogens with one attached hydrogen (secondary N) is 1. The van der Waals surface area contributed by atoms with E-state index in [9.17, 15) is 13.2 Å². The molecule has 7 heteroatoms. The Balaban J connectivity index is 1.92. The molecule has 5 nitrogen and oxygen atoms in total. The summed E-state index contributed by atoms with van der Waals surface area (Å²) in [7, 11) is -3.95. The maximum Gasteiger partial charge on any atom is 0.264 e. The molecule has 0 aliphatic rings. The van der Waals surface area contributed by atoms with Crippen molar-refractivity contribution in [2.24, 2.45) is 5.92 Å². The van der Waals surface area contributed by atoms with Gasteiger partial charge in [-0.05, 0) is 55.2 Å². The molecule has 0 aliphatic carbocycles. The molecule has 174 valence electrons. The van der Waals surface area contributed by atoms with Gasteiger partial charge in [-0.25, -0.2) is 8.42 Å². The van der Waals surface area contributed by atoms with Gasteiger partial charge in [0.1, 0.15) is 6.54 Å². The second kappa shape index (κ2) is 11.0. The fourth-order valence-corrected chi connectivity index (χ4v) is 5.39. The fourth-order valence-electron chi connectivity index (χ4n) is 3.59. The number of rotatable bonds is 9. The van der Waals surface area contributed by atoms with Crippen LogP contribution in [0.1, 0.15) is 37.4 Å². The van der Waals surface area contributed by atoms with Gasteiger partial charge in [-0.2, -0.15) is 0 Å². The molecule has 0 fully saturated rings. The van der Waals surface area contributed by atoms with Crippen molar-refractivity contribution in [3.63, 3.8) is 0 Å². The Morgan fingerprint density at radius 2 is 1.64 bits per heavy atom. The first kappa shape index (κ1) is 25.0. The quantitative estimate of drug-likeness (QED) is 0.378. The van der Waals surface area contributed by atoms with E-state index in [0.29, 0.717) is 11.6 Å². The first-order chi connectivity index (χ1) is 15.7. The third kappa shape index (κ3) is 6.68. The maximum absolute atomic E-state index is 13.6. The van der Waals surface area contributed by atoms with E-state index < -0.39 is 10.0 Å². The number of amides is 1. The molecule has 0 heterocycles. The number of anilines is 1. The number of hydrogen-bond acceptors (Lipinski definition) is 3. The number of carbonyl (C=O) groups is 1. The van der Waals surface area contributed by atoms with Crippen molar-refractivity contribution in [3.8, 4) is 0 Å². The Labute approximate surface area is 205 Å². The normalized spacial score (nSPS) is 12.4. The van der Waals surface area contributed by atoms with Crippen LogP contribution >= 0.6 is 15.9 Å². The standard InChI is InChI=1S/C26H29BrN2O3S/c1-19(2)16-25(21-8-5-4-6-9-21)28-26(30)18-29(23-11-7-10-22(27)17-23)33(31,32)24-14-12-20(3)13-15-24/h4-15,17,19,25H,16,18H2,1-3H3,(H,28,30). The van der Waals surface area contributed by atoms with E-state index in [1.54, 1.807) is 42.5 Å². The summed E-state index contributed by atoms with van der Waals surface area (Å²) in [4.78, 5) is 13.3. The zero-order chi connectivity index (χ0) is 24.0. The van der Waals surface area contributed by atoms with Gasteiger partial charge in [0.05, 0.1) is 16.6 Å². The van der Waals surface area contributed by atoms with Crippen LogP contribution in [-0.2, 0) is 14.8 Å². The van der Waals surface area contributed by atoms with Crippen LogP contribution in [0.2, 0.25) is 0 Å². The molecule has 3 aromatic rings. The van der Waals surface area contributed by atoms with Gasteiger partial charge in [0.25, 0.3) is 10.0 Å². The van der Waals surface area contributed by atoms with Crippen molar-refractivity contribution < 1.29 is 13.2 Å². The summed E-state index contributed by atoms with van der Waals surface area (Å²) >= 11 is 3.41. The maximum atomic E-state index is 13.6. The molecule has 0 radical (unpaired) electrons. The van der Waals surface area contributed by atoms with Gasteiger partial charge in [0.15, 0.2) is 0 Å². The second-order valence-electron chi connectivity index (χ2n) is 8.46. The first-order valence-electron chi connectivity index (χ1n) is 10.9. The summed E-state index contributed by atoms with van der Waals surface area (Å²) in [6.45, 7) is 5.76. The number of sulfonamides is 1. The first-order valence-corrected chi connectivity index (χ1v) is 13.1. The molecule has 0 spiro atoms. The van der Waals surface area contributed by atoms with Crippen LogP contribution < -0.4 is 9.62 Å². The van der Waals surface area contributed by atoms with Gasteiger partial charge < -0.3 is 5.32 Å².